The van der Waals surface area contributed by atoms with Crippen molar-refractivity contribution in [1.29, 1.82) is 0 Å². The summed E-state index contributed by atoms with van der Waals surface area (Å²) in [6.07, 6.45) is 1.94. The summed E-state index contributed by atoms with van der Waals surface area (Å²) in [6, 6.07) is 6.21. The molecule has 1 aliphatic heterocycles. The summed E-state index contributed by atoms with van der Waals surface area (Å²) in [5.74, 6) is -2.86. The van der Waals surface area contributed by atoms with Gasteiger partial charge in [-0.15, -0.1) is 0 Å². The Morgan fingerprint density at radius 1 is 1.26 bits per heavy atom. The lowest BCUT2D eigenvalue weighted by Gasteiger charge is -2.39. The summed E-state index contributed by atoms with van der Waals surface area (Å²) in [5.41, 5.74) is 0.688. The molecule has 0 unspecified atom stereocenters. The van der Waals surface area contributed by atoms with E-state index in [1.54, 1.807) is 23.1 Å². The summed E-state index contributed by atoms with van der Waals surface area (Å²) in [5, 5.41) is 25.3. The molecule has 4 rings (SSSR count). The number of anilines is 2. The maximum Gasteiger partial charge on any atom is 0.251 e. The number of benzene rings is 2. The largest absolute Gasteiger partial charge is 0.394 e. The van der Waals surface area contributed by atoms with Crippen molar-refractivity contribution in [1.82, 2.24) is 0 Å². The van der Waals surface area contributed by atoms with Gasteiger partial charge in [0, 0.05) is 22.1 Å². The number of aliphatic hydroxyl groups excluding tert-OH is 1. The molecule has 0 saturated heterocycles. The summed E-state index contributed by atoms with van der Waals surface area (Å²) in [7, 11) is 0. The Labute approximate surface area is 187 Å². The number of carbonyl (C=O) groups excluding carboxylic acids is 1. The minimum Gasteiger partial charge on any atom is -0.394 e. The summed E-state index contributed by atoms with van der Waals surface area (Å²) in [4.78, 5) is 26.6. The molecule has 0 spiro atoms. The lowest BCUT2D eigenvalue weighted by atomic mass is 9.84. The van der Waals surface area contributed by atoms with Gasteiger partial charge in [0.05, 0.1) is 23.0 Å². The minimum absolute atomic E-state index is 0.193. The van der Waals surface area contributed by atoms with E-state index in [2.05, 4.69) is 5.32 Å². The Morgan fingerprint density at radius 3 is 2.65 bits per heavy atom. The number of fused-ring (bicyclic) bond motifs is 1. The second-order valence-corrected chi connectivity index (χ2v) is 8.74. The molecule has 2 aromatic rings. The molecule has 0 radical (unpaired) electrons. The second-order valence-electron chi connectivity index (χ2n) is 7.89. The zero-order chi connectivity index (χ0) is 22.3. The van der Waals surface area contributed by atoms with Crippen LogP contribution in [0, 0.1) is 21.8 Å². The van der Waals surface area contributed by atoms with Gasteiger partial charge in [0.15, 0.2) is 0 Å². The SMILES string of the molecule is O=C1Nc2cc(Cl)ccc2N(CC2CC2)[C@H](CO)[C@H]([N+](=O)[O-])[C@H]1c1cccc(Cl)c1F. The van der Waals surface area contributed by atoms with Crippen LogP contribution in [0.3, 0.4) is 0 Å². The van der Waals surface area contributed by atoms with Gasteiger partial charge in [-0.25, -0.2) is 4.39 Å². The van der Waals surface area contributed by atoms with Gasteiger partial charge in [0.1, 0.15) is 17.8 Å². The average molecular weight is 468 g/mol. The lowest BCUT2D eigenvalue weighted by Crippen LogP contribution is -2.56. The first-order valence-electron chi connectivity index (χ1n) is 9.87. The fourth-order valence-corrected chi connectivity index (χ4v) is 4.53. The van der Waals surface area contributed by atoms with E-state index in [4.69, 9.17) is 23.2 Å². The number of nitro groups is 1. The highest BCUT2D eigenvalue weighted by molar-refractivity contribution is 6.31. The van der Waals surface area contributed by atoms with E-state index in [0.29, 0.717) is 28.9 Å². The molecule has 3 atom stereocenters. The van der Waals surface area contributed by atoms with Crippen molar-refractivity contribution in [2.24, 2.45) is 5.92 Å². The second kappa shape index (κ2) is 8.61. The van der Waals surface area contributed by atoms with E-state index >= 15 is 0 Å². The molecule has 0 bridgehead atoms. The molecule has 0 aromatic heterocycles. The third-order valence-corrected chi connectivity index (χ3v) is 6.37. The quantitative estimate of drug-likeness (QED) is 0.509. The van der Waals surface area contributed by atoms with Gasteiger partial charge in [0.25, 0.3) is 6.04 Å². The van der Waals surface area contributed by atoms with E-state index in [1.165, 1.54) is 18.2 Å². The Hall–Kier alpha value is -2.42. The zero-order valence-corrected chi connectivity index (χ0v) is 17.8. The molecular weight excluding hydrogens is 448 g/mol. The first-order chi connectivity index (χ1) is 14.8. The molecule has 2 aromatic carbocycles. The third-order valence-electron chi connectivity index (χ3n) is 5.84. The van der Waals surface area contributed by atoms with E-state index in [1.807, 2.05) is 0 Å². The van der Waals surface area contributed by atoms with Crippen LogP contribution in [0.2, 0.25) is 10.0 Å². The topological polar surface area (TPSA) is 95.7 Å². The van der Waals surface area contributed by atoms with E-state index in [9.17, 15) is 24.4 Å². The van der Waals surface area contributed by atoms with Gasteiger partial charge >= 0.3 is 0 Å². The van der Waals surface area contributed by atoms with Crippen LogP contribution in [-0.4, -0.2) is 41.2 Å². The molecule has 1 amide bonds. The molecule has 10 heteroatoms. The highest BCUT2D eigenvalue weighted by atomic mass is 35.5. The van der Waals surface area contributed by atoms with Crippen LogP contribution in [0.4, 0.5) is 15.8 Å². The standard InChI is InChI=1S/C21H20Cl2FN3O4/c22-12-6-7-16-15(8-12)25-21(29)18(13-2-1-3-14(23)19(13)24)20(27(30)31)17(10-28)26(16)9-11-4-5-11/h1-3,6-8,11,17-18,20,28H,4-5,9-10H2,(H,25,29)/t17-,18-,20+/m1/s1. The van der Waals surface area contributed by atoms with Crippen LogP contribution in [0.1, 0.15) is 24.3 Å². The van der Waals surface area contributed by atoms with Gasteiger partial charge in [-0.2, -0.15) is 0 Å². The molecule has 7 nitrogen and oxygen atoms in total. The van der Waals surface area contributed by atoms with Crippen molar-refractivity contribution in [3.8, 4) is 0 Å². The Kier molecular flexibility index (Phi) is 6.05. The number of halogens is 3. The number of amides is 1. The molecule has 1 fully saturated rings. The maximum atomic E-state index is 14.9. The fourth-order valence-electron chi connectivity index (χ4n) is 4.18. The number of aliphatic hydroxyl groups is 1. The van der Waals surface area contributed by atoms with Gasteiger partial charge in [-0.3, -0.25) is 14.9 Å². The Balaban J connectivity index is 1.92. The fraction of sp³-hybridized carbons (Fsp3) is 0.381. The van der Waals surface area contributed by atoms with Crippen LogP contribution in [0.25, 0.3) is 0 Å². The van der Waals surface area contributed by atoms with Crippen LogP contribution in [0.5, 0.6) is 0 Å². The van der Waals surface area contributed by atoms with Crippen LogP contribution >= 0.6 is 23.2 Å². The molecule has 1 heterocycles. The number of hydrogen-bond donors (Lipinski definition) is 2. The number of carbonyl (C=O) groups is 1. The Bertz CT molecular complexity index is 1030. The monoisotopic (exact) mass is 467 g/mol. The lowest BCUT2D eigenvalue weighted by molar-refractivity contribution is -0.528. The molecule has 1 saturated carbocycles. The molecule has 164 valence electrons. The zero-order valence-electron chi connectivity index (χ0n) is 16.3. The molecule has 2 aliphatic rings. The number of hydrogen-bond acceptors (Lipinski definition) is 5. The summed E-state index contributed by atoms with van der Waals surface area (Å²) in [6.45, 7) is -0.128. The van der Waals surface area contributed by atoms with Gasteiger partial charge in [0.2, 0.25) is 5.91 Å². The molecule has 1 aliphatic carbocycles. The predicted molar refractivity (Wildman–Crippen MR) is 116 cm³/mol. The van der Waals surface area contributed by atoms with Crippen LogP contribution in [-0.2, 0) is 4.79 Å². The van der Waals surface area contributed by atoms with Gasteiger partial charge < -0.3 is 15.3 Å². The first-order valence-corrected chi connectivity index (χ1v) is 10.6. The molecule has 2 N–H and O–H groups in total. The summed E-state index contributed by atoms with van der Waals surface area (Å²) < 4.78 is 14.9. The van der Waals surface area contributed by atoms with Crippen molar-refractivity contribution >= 4 is 40.5 Å². The van der Waals surface area contributed by atoms with Crippen molar-refractivity contribution in [3.63, 3.8) is 0 Å². The van der Waals surface area contributed by atoms with Crippen molar-refractivity contribution in [3.05, 3.63) is 67.9 Å². The van der Waals surface area contributed by atoms with Gasteiger partial charge in [-0.05, 0) is 43.0 Å². The van der Waals surface area contributed by atoms with E-state index in [-0.39, 0.29) is 10.6 Å². The first kappa shape index (κ1) is 21.8. The van der Waals surface area contributed by atoms with Crippen molar-refractivity contribution in [2.45, 2.75) is 30.8 Å². The highest BCUT2D eigenvalue weighted by Crippen LogP contribution is 2.41. The van der Waals surface area contributed by atoms with Crippen molar-refractivity contribution in [2.75, 3.05) is 23.4 Å². The number of nitrogens with zero attached hydrogens (tertiary/aromatic N) is 2. The third kappa shape index (κ3) is 4.20. The number of rotatable bonds is 5. The Morgan fingerprint density at radius 2 is 2.00 bits per heavy atom. The highest BCUT2D eigenvalue weighted by Gasteiger charge is 2.50. The minimum atomic E-state index is -1.61. The van der Waals surface area contributed by atoms with E-state index < -0.39 is 41.3 Å². The van der Waals surface area contributed by atoms with Crippen molar-refractivity contribution < 1.29 is 19.2 Å². The normalized spacial score (nSPS) is 23.5. The average Bonchev–Trinajstić information content (AvgIpc) is 3.53. The van der Waals surface area contributed by atoms with E-state index in [0.717, 1.165) is 12.8 Å². The maximum absolute atomic E-state index is 14.9. The van der Waals surface area contributed by atoms with Gasteiger partial charge in [-0.1, -0.05) is 35.3 Å². The number of nitrogens with one attached hydrogen (secondary N) is 1. The molecule has 31 heavy (non-hydrogen) atoms. The van der Waals surface area contributed by atoms with Crippen LogP contribution < -0.4 is 10.2 Å². The van der Waals surface area contributed by atoms with Crippen LogP contribution in [0.15, 0.2) is 36.4 Å². The molecular formula is C21H20Cl2FN3O4. The smallest absolute Gasteiger partial charge is 0.251 e. The summed E-state index contributed by atoms with van der Waals surface area (Å²) >= 11 is 12.0. The predicted octanol–water partition coefficient (Wildman–Crippen LogP) is 4.09.